The fraction of sp³-hybridized carbons (Fsp3) is 1.00. The molecule has 9 nitrogen and oxygen atoms in total. The third-order valence-corrected chi connectivity index (χ3v) is 11.7. The van der Waals surface area contributed by atoms with Crippen LogP contribution in [0.1, 0.15) is 66.2 Å². The van der Waals surface area contributed by atoms with Crippen LogP contribution < -0.4 is 0 Å². The first-order chi connectivity index (χ1) is 16.3. The SMILES string of the molecule is CC1C2CC(O)C(C)(C)C23OC12CCC1CC2(CC3OC2OC(CO)C(O)C(O)C2O)CC1(C)O. The van der Waals surface area contributed by atoms with Crippen LogP contribution in [0.4, 0.5) is 0 Å². The molecule has 0 radical (unpaired) electrons. The third kappa shape index (κ3) is 2.80. The largest absolute Gasteiger partial charge is 0.394 e. The van der Waals surface area contributed by atoms with Crippen molar-refractivity contribution in [2.24, 2.45) is 28.6 Å². The van der Waals surface area contributed by atoms with Gasteiger partial charge in [0.15, 0.2) is 6.29 Å². The Hall–Kier alpha value is -0.360. The number of aliphatic hydroxyl groups excluding tert-OH is 5. The van der Waals surface area contributed by atoms with Crippen LogP contribution in [0, 0.1) is 28.6 Å². The molecule has 35 heavy (non-hydrogen) atoms. The van der Waals surface area contributed by atoms with Crippen LogP contribution in [0.5, 0.6) is 0 Å². The van der Waals surface area contributed by atoms with Crippen LogP contribution in [0.15, 0.2) is 0 Å². The molecule has 14 atom stereocenters. The number of rotatable bonds is 3. The zero-order valence-corrected chi connectivity index (χ0v) is 21.1. The lowest BCUT2D eigenvalue weighted by Crippen LogP contribution is -2.68. The van der Waals surface area contributed by atoms with Crippen molar-refractivity contribution in [2.45, 2.75) is 126 Å². The molecule has 0 amide bonds. The van der Waals surface area contributed by atoms with Crippen LogP contribution in [0.2, 0.25) is 0 Å². The Bertz CT molecular complexity index is 877. The molecule has 0 aromatic rings. The summed E-state index contributed by atoms with van der Waals surface area (Å²) >= 11 is 0. The monoisotopic (exact) mass is 498 g/mol. The fourth-order valence-corrected chi connectivity index (χ4v) is 9.85. The van der Waals surface area contributed by atoms with Crippen molar-refractivity contribution >= 4 is 0 Å². The van der Waals surface area contributed by atoms with E-state index in [9.17, 15) is 30.6 Å². The summed E-state index contributed by atoms with van der Waals surface area (Å²) in [6.07, 6.45) is -3.62. The van der Waals surface area contributed by atoms with Gasteiger partial charge in [-0.2, -0.15) is 0 Å². The van der Waals surface area contributed by atoms with Crippen LogP contribution in [-0.2, 0) is 14.2 Å². The average molecular weight is 499 g/mol. The Morgan fingerprint density at radius 3 is 2.40 bits per heavy atom. The smallest absolute Gasteiger partial charge is 0.187 e. The second-order valence-electron chi connectivity index (χ2n) is 13.4. The molecule has 3 heterocycles. The minimum Gasteiger partial charge on any atom is -0.394 e. The van der Waals surface area contributed by atoms with E-state index in [-0.39, 0.29) is 23.2 Å². The van der Waals surface area contributed by atoms with Gasteiger partial charge in [0.1, 0.15) is 30.0 Å². The van der Waals surface area contributed by atoms with Gasteiger partial charge >= 0.3 is 0 Å². The van der Waals surface area contributed by atoms with E-state index < -0.39 is 71.7 Å². The van der Waals surface area contributed by atoms with Crippen molar-refractivity contribution in [1.82, 2.24) is 0 Å². The lowest BCUT2D eigenvalue weighted by Gasteiger charge is -2.61. The summed E-state index contributed by atoms with van der Waals surface area (Å²) in [6.45, 7) is 7.66. The molecule has 3 aliphatic heterocycles. The van der Waals surface area contributed by atoms with Gasteiger partial charge in [0.25, 0.3) is 0 Å². The number of hydrogen-bond acceptors (Lipinski definition) is 9. The molecule has 9 heteroatoms. The first kappa shape index (κ1) is 24.9. The van der Waals surface area contributed by atoms with Crippen LogP contribution in [-0.4, -0.2) is 97.0 Å². The molecule has 3 saturated carbocycles. The summed E-state index contributed by atoms with van der Waals surface area (Å²) in [5.41, 5.74) is -3.00. The van der Waals surface area contributed by atoms with E-state index in [2.05, 4.69) is 6.92 Å². The van der Waals surface area contributed by atoms with Crippen LogP contribution >= 0.6 is 0 Å². The number of hydrogen-bond donors (Lipinski definition) is 6. The summed E-state index contributed by atoms with van der Waals surface area (Å²) in [6, 6.07) is 0. The summed E-state index contributed by atoms with van der Waals surface area (Å²) in [5, 5.41) is 63.6. The quantitative estimate of drug-likeness (QED) is 0.318. The van der Waals surface area contributed by atoms with Gasteiger partial charge in [-0.05, 0) is 63.2 Å². The summed E-state index contributed by atoms with van der Waals surface area (Å²) in [4.78, 5) is 0. The molecule has 0 aromatic heterocycles. The predicted octanol–water partition coefficient (Wildman–Crippen LogP) is 0.0673. The number of ether oxygens (including phenoxy) is 3. The molecule has 3 spiro atoms. The van der Waals surface area contributed by atoms with E-state index in [1.807, 2.05) is 20.8 Å². The molecule has 4 bridgehead atoms. The molecule has 0 aromatic carbocycles. The fourth-order valence-electron chi connectivity index (χ4n) is 9.85. The number of aliphatic hydroxyl groups is 6. The van der Waals surface area contributed by atoms with Crippen molar-refractivity contribution in [3.63, 3.8) is 0 Å². The Morgan fingerprint density at radius 1 is 1.00 bits per heavy atom. The van der Waals surface area contributed by atoms with Crippen molar-refractivity contribution < 1.29 is 44.8 Å². The maximum Gasteiger partial charge on any atom is 0.187 e. The van der Waals surface area contributed by atoms with Crippen LogP contribution in [0.3, 0.4) is 0 Å². The van der Waals surface area contributed by atoms with Gasteiger partial charge in [0.2, 0.25) is 0 Å². The molecule has 3 aliphatic carbocycles. The lowest BCUT2D eigenvalue weighted by atomic mass is 9.57. The summed E-state index contributed by atoms with van der Waals surface area (Å²) < 4.78 is 19.6. The van der Waals surface area contributed by atoms with E-state index in [1.54, 1.807) is 0 Å². The highest BCUT2D eigenvalue weighted by atomic mass is 16.7. The minimum absolute atomic E-state index is 0.0175. The van der Waals surface area contributed by atoms with E-state index in [1.165, 1.54) is 0 Å². The Kier molecular flexibility index (Phi) is 5.27. The van der Waals surface area contributed by atoms with E-state index in [0.29, 0.717) is 19.3 Å². The second-order valence-corrected chi connectivity index (χ2v) is 13.4. The predicted molar refractivity (Wildman–Crippen MR) is 122 cm³/mol. The van der Waals surface area contributed by atoms with Gasteiger partial charge in [-0.25, -0.2) is 0 Å². The van der Waals surface area contributed by atoms with Gasteiger partial charge in [0, 0.05) is 10.8 Å². The van der Waals surface area contributed by atoms with Gasteiger partial charge in [-0.3, -0.25) is 0 Å². The van der Waals surface area contributed by atoms with Gasteiger partial charge in [0.05, 0.1) is 30.0 Å². The van der Waals surface area contributed by atoms with E-state index in [0.717, 1.165) is 19.3 Å². The first-order valence-corrected chi connectivity index (χ1v) is 13.3. The van der Waals surface area contributed by atoms with E-state index >= 15 is 0 Å². The lowest BCUT2D eigenvalue weighted by molar-refractivity contribution is -0.363. The van der Waals surface area contributed by atoms with Gasteiger partial charge in [-0.1, -0.05) is 20.8 Å². The normalized spacial score (nSPS) is 62.6. The molecule has 200 valence electrons. The zero-order valence-electron chi connectivity index (χ0n) is 21.1. The first-order valence-electron chi connectivity index (χ1n) is 13.3. The maximum absolute atomic E-state index is 11.3. The minimum atomic E-state index is -1.53. The summed E-state index contributed by atoms with van der Waals surface area (Å²) in [5.74, 6) is 0.353. The Labute approximate surface area is 206 Å². The highest BCUT2D eigenvalue weighted by molar-refractivity contribution is 5.31. The van der Waals surface area contributed by atoms with Crippen molar-refractivity contribution in [3.8, 4) is 0 Å². The maximum atomic E-state index is 11.3. The highest BCUT2D eigenvalue weighted by Gasteiger charge is 2.83. The zero-order chi connectivity index (χ0) is 25.3. The van der Waals surface area contributed by atoms with Crippen molar-refractivity contribution in [2.75, 3.05) is 6.61 Å². The van der Waals surface area contributed by atoms with Crippen molar-refractivity contribution in [1.29, 1.82) is 0 Å². The van der Waals surface area contributed by atoms with Crippen molar-refractivity contribution in [3.05, 3.63) is 0 Å². The molecule has 6 N–H and O–H groups in total. The molecular formula is C26H42O9. The molecular weight excluding hydrogens is 456 g/mol. The molecule has 6 fully saturated rings. The third-order valence-electron chi connectivity index (χ3n) is 11.7. The summed E-state index contributed by atoms with van der Waals surface area (Å²) in [7, 11) is 0. The molecule has 3 saturated heterocycles. The van der Waals surface area contributed by atoms with Gasteiger partial charge < -0.3 is 44.8 Å². The Balaban J connectivity index is 1.43. The van der Waals surface area contributed by atoms with E-state index in [4.69, 9.17) is 14.2 Å². The Morgan fingerprint density at radius 2 is 1.71 bits per heavy atom. The highest BCUT2D eigenvalue weighted by Crippen LogP contribution is 2.78. The second kappa shape index (κ2) is 7.39. The molecule has 6 aliphatic rings. The van der Waals surface area contributed by atoms with Crippen LogP contribution in [0.25, 0.3) is 0 Å². The average Bonchev–Trinajstić information content (AvgIpc) is 3.23. The number of fused-ring (bicyclic) bond motifs is 1. The topological polar surface area (TPSA) is 149 Å². The molecule has 14 unspecified atom stereocenters. The van der Waals surface area contributed by atoms with Gasteiger partial charge in [-0.15, -0.1) is 0 Å². The molecule has 6 rings (SSSR count). The standard InChI is InChI=1S/C26H42O9/c1-12-14-7-16(28)22(2,3)26(14)17(34-21-20(31)19(30)18(29)15(10-27)33-21)9-24-8-13(23(4,32)11-24)5-6-25(12,24)35-26/h12-21,27-32H,5-11H2,1-4H3.